The smallest absolute Gasteiger partial charge is 0.250 e. The molecule has 0 saturated carbocycles. The van der Waals surface area contributed by atoms with E-state index in [2.05, 4.69) is 27.2 Å². The van der Waals surface area contributed by atoms with E-state index in [0.717, 1.165) is 16.2 Å². The lowest BCUT2D eigenvalue weighted by Crippen LogP contribution is -2.20. The second kappa shape index (κ2) is 9.28. The summed E-state index contributed by atoms with van der Waals surface area (Å²) in [5.74, 6) is 0.0421. The first-order valence-corrected chi connectivity index (χ1v) is 10.4. The Balaban J connectivity index is 1.45. The minimum absolute atomic E-state index is 0.111. The van der Waals surface area contributed by atoms with Gasteiger partial charge in [-0.2, -0.15) is 5.10 Å². The van der Waals surface area contributed by atoms with E-state index in [0.29, 0.717) is 12.1 Å². The Morgan fingerprint density at radius 1 is 1.03 bits per heavy atom. The predicted molar refractivity (Wildman–Crippen MR) is 120 cm³/mol. The molecule has 0 atom stereocenters. The maximum absolute atomic E-state index is 12.2. The third-order valence-corrected chi connectivity index (χ3v) is 5.44. The molecule has 6 nitrogen and oxygen atoms in total. The predicted octanol–water partition coefficient (Wildman–Crippen LogP) is 4.03. The molecule has 150 valence electrons. The molecule has 0 aliphatic heterocycles. The SMILES string of the molecule is O=C(CSc1nc2ccccc2n1Cc1ccccc1)N/N=C/c1ccccc1O. The summed E-state index contributed by atoms with van der Waals surface area (Å²) in [6, 6.07) is 24.9. The van der Waals surface area contributed by atoms with Crippen LogP contribution in [-0.2, 0) is 11.3 Å². The van der Waals surface area contributed by atoms with Crippen LogP contribution >= 0.6 is 11.8 Å². The largest absolute Gasteiger partial charge is 0.507 e. The first-order valence-electron chi connectivity index (χ1n) is 9.42. The highest BCUT2D eigenvalue weighted by Gasteiger charge is 2.13. The van der Waals surface area contributed by atoms with Crippen LogP contribution in [0.3, 0.4) is 0 Å². The van der Waals surface area contributed by atoms with Crippen molar-refractivity contribution in [3.63, 3.8) is 0 Å². The molecule has 4 rings (SSSR count). The van der Waals surface area contributed by atoms with Gasteiger partial charge in [-0.3, -0.25) is 4.79 Å². The number of thioether (sulfide) groups is 1. The van der Waals surface area contributed by atoms with Gasteiger partial charge in [0, 0.05) is 5.56 Å². The highest BCUT2D eigenvalue weighted by molar-refractivity contribution is 7.99. The number of aromatic hydroxyl groups is 1. The van der Waals surface area contributed by atoms with E-state index in [1.165, 1.54) is 23.5 Å². The summed E-state index contributed by atoms with van der Waals surface area (Å²) in [5.41, 5.74) is 6.12. The number of hydrogen-bond donors (Lipinski definition) is 2. The molecule has 0 saturated heterocycles. The number of phenols is 1. The molecule has 0 aliphatic rings. The van der Waals surface area contributed by atoms with E-state index in [9.17, 15) is 9.90 Å². The van der Waals surface area contributed by atoms with Gasteiger partial charge in [0.2, 0.25) is 0 Å². The second-order valence-electron chi connectivity index (χ2n) is 6.60. The number of rotatable bonds is 7. The first kappa shape index (κ1) is 19.7. The van der Waals surface area contributed by atoms with Crippen molar-refractivity contribution >= 4 is 34.9 Å². The van der Waals surface area contributed by atoms with E-state index in [4.69, 9.17) is 4.98 Å². The van der Waals surface area contributed by atoms with Gasteiger partial charge < -0.3 is 9.67 Å². The van der Waals surface area contributed by atoms with Gasteiger partial charge in [0.15, 0.2) is 5.16 Å². The zero-order chi connectivity index (χ0) is 20.8. The molecule has 0 fully saturated rings. The molecule has 1 amide bonds. The minimum Gasteiger partial charge on any atom is -0.507 e. The zero-order valence-corrected chi connectivity index (χ0v) is 16.9. The molecule has 1 heterocycles. The van der Waals surface area contributed by atoms with Gasteiger partial charge in [-0.15, -0.1) is 0 Å². The summed E-state index contributed by atoms with van der Waals surface area (Å²) < 4.78 is 2.12. The van der Waals surface area contributed by atoms with Crippen LogP contribution in [0.4, 0.5) is 0 Å². The second-order valence-corrected chi connectivity index (χ2v) is 7.54. The number of hydrazone groups is 1. The molecular weight excluding hydrogens is 396 g/mol. The Hall–Kier alpha value is -3.58. The van der Waals surface area contributed by atoms with Crippen LogP contribution in [0, 0.1) is 0 Å². The van der Waals surface area contributed by atoms with E-state index in [1.54, 1.807) is 24.3 Å². The lowest BCUT2D eigenvalue weighted by atomic mass is 10.2. The fraction of sp³-hybridized carbons (Fsp3) is 0.0870. The summed E-state index contributed by atoms with van der Waals surface area (Å²) in [6.07, 6.45) is 1.42. The third kappa shape index (κ3) is 4.69. The molecule has 0 unspecified atom stereocenters. The summed E-state index contributed by atoms with van der Waals surface area (Å²) in [6.45, 7) is 0.677. The molecule has 3 aromatic carbocycles. The van der Waals surface area contributed by atoms with Crippen LogP contribution < -0.4 is 5.43 Å². The Morgan fingerprint density at radius 2 is 1.77 bits per heavy atom. The highest BCUT2D eigenvalue weighted by Crippen LogP contribution is 2.25. The number of carbonyl (C=O) groups is 1. The van der Waals surface area contributed by atoms with Crippen molar-refractivity contribution in [3.05, 3.63) is 90.0 Å². The Bertz CT molecular complexity index is 1190. The number of carbonyl (C=O) groups excluding carboxylic acids is 1. The van der Waals surface area contributed by atoms with Crippen LogP contribution in [0.2, 0.25) is 0 Å². The number of imidazole rings is 1. The number of fused-ring (bicyclic) bond motifs is 1. The van der Waals surface area contributed by atoms with Gasteiger partial charge in [-0.25, -0.2) is 10.4 Å². The first-order chi connectivity index (χ1) is 14.7. The number of para-hydroxylation sites is 3. The molecule has 30 heavy (non-hydrogen) atoms. The third-order valence-electron chi connectivity index (χ3n) is 4.47. The topological polar surface area (TPSA) is 79.5 Å². The fourth-order valence-corrected chi connectivity index (χ4v) is 3.82. The summed E-state index contributed by atoms with van der Waals surface area (Å²) >= 11 is 1.37. The molecule has 7 heteroatoms. The van der Waals surface area contributed by atoms with Crippen molar-refractivity contribution in [2.45, 2.75) is 11.7 Å². The maximum atomic E-state index is 12.2. The molecule has 1 aromatic heterocycles. The molecule has 4 aromatic rings. The standard InChI is InChI=1S/C23H20N4O2S/c28-21-13-7-4-10-18(21)14-24-26-22(29)16-30-23-25-19-11-5-6-12-20(19)27(23)15-17-8-2-1-3-9-17/h1-14,28H,15-16H2,(H,26,29)/b24-14+. The van der Waals surface area contributed by atoms with Gasteiger partial charge in [0.05, 0.1) is 29.5 Å². The normalized spacial score (nSPS) is 11.2. The van der Waals surface area contributed by atoms with Crippen LogP contribution in [0.5, 0.6) is 5.75 Å². The van der Waals surface area contributed by atoms with Crippen molar-refractivity contribution in [3.8, 4) is 5.75 Å². The van der Waals surface area contributed by atoms with Crippen molar-refractivity contribution in [1.82, 2.24) is 15.0 Å². The monoisotopic (exact) mass is 416 g/mol. The van der Waals surface area contributed by atoms with Crippen LogP contribution in [0.25, 0.3) is 11.0 Å². The van der Waals surface area contributed by atoms with E-state index in [-0.39, 0.29) is 17.4 Å². The van der Waals surface area contributed by atoms with Gasteiger partial charge in [0.25, 0.3) is 5.91 Å². The van der Waals surface area contributed by atoms with Gasteiger partial charge in [0.1, 0.15) is 5.75 Å². The average Bonchev–Trinajstić information content (AvgIpc) is 3.12. The van der Waals surface area contributed by atoms with Crippen molar-refractivity contribution in [1.29, 1.82) is 0 Å². The van der Waals surface area contributed by atoms with Crippen LogP contribution in [-0.4, -0.2) is 32.5 Å². The van der Waals surface area contributed by atoms with Gasteiger partial charge in [-0.05, 0) is 29.8 Å². The van der Waals surface area contributed by atoms with Crippen molar-refractivity contribution in [2.75, 3.05) is 5.75 Å². The molecular formula is C23H20N4O2S. The quantitative estimate of drug-likeness (QED) is 0.271. The zero-order valence-electron chi connectivity index (χ0n) is 16.1. The minimum atomic E-state index is -0.245. The molecule has 0 bridgehead atoms. The molecule has 0 spiro atoms. The molecule has 2 N–H and O–H groups in total. The van der Waals surface area contributed by atoms with Gasteiger partial charge in [-0.1, -0.05) is 66.4 Å². The van der Waals surface area contributed by atoms with Crippen LogP contribution in [0.1, 0.15) is 11.1 Å². The van der Waals surface area contributed by atoms with Crippen LogP contribution in [0.15, 0.2) is 89.1 Å². The summed E-state index contributed by atoms with van der Waals surface area (Å²) in [5, 5.41) is 14.4. The molecule has 0 aliphatic carbocycles. The molecule has 0 radical (unpaired) electrons. The van der Waals surface area contributed by atoms with Crippen molar-refractivity contribution in [2.24, 2.45) is 5.10 Å². The number of nitrogens with zero attached hydrogens (tertiary/aromatic N) is 3. The number of aromatic nitrogens is 2. The van der Waals surface area contributed by atoms with E-state index in [1.807, 2.05) is 42.5 Å². The number of phenolic OH excluding ortho intramolecular Hbond substituents is 1. The van der Waals surface area contributed by atoms with Gasteiger partial charge >= 0.3 is 0 Å². The Morgan fingerprint density at radius 3 is 2.60 bits per heavy atom. The average molecular weight is 417 g/mol. The fourth-order valence-electron chi connectivity index (χ4n) is 3.02. The van der Waals surface area contributed by atoms with E-state index >= 15 is 0 Å². The van der Waals surface area contributed by atoms with Crippen molar-refractivity contribution < 1.29 is 9.90 Å². The number of hydrogen-bond acceptors (Lipinski definition) is 5. The highest BCUT2D eigenvalue weighted by atomic mass is 32.2. The summed E-state index contributed by atoms with van der Waals surface area (Å²) in [7, 11) is 0. The van der Waals surface area contributed by atoms with E-state index < -0.39 is 0 Å². The lowest BCUT2D eigenvalue weighted by molar-refractivity contribution is -0.118. The number of amides is 1. The number of nitrogens with one attached hydrogen (secondary N) is 1. The lowest BCUT2D eigenvalue weighted by Gasteiger charge is -2.09. The maximum Gasteiger partial charge on any atom is 0.250 e. The Labute approximate surface area is 178 Å². The number of benzene rings is 3. The summed E-state index contributed by atoms with van der Waals surface area (Å²) in [4.78, 5) is 16.9. The Kier molecular flexibility index (Phi) is 6.10.